The summed E-state index contributed by atoms with van der Waals surface area (Å²) in [5.41, 5.74) is 2.55. The van der Waals surface area contributed by atoms with Crippen LogP contribution in [0.5, 0.6) is 0 Å². The molecule has 18 heavy (non-hydrogen) atoms. The van der Waals surface area contributed by atoms with Crippen LogP contribution < -0.4 is 0 Å². The maximum absolute atomic E-state index is 5.74. The quantitative estimate of drug-likeness (QED) is 0.633. The summed E-state index contributed by atoms with van der Waals surface area (Å²) >= 11 is 5.74. The van der Waals surface area contributed by atoms with Crippen LogP contribution in [0.1, 0.15) is 52.2 Å². The van der Waals surface area contributed by atoms with Gasteiger partial charge in [0.15, 0.2) is 0 Å². The number of benzene rings is 1. The van der Waals surface area contributed by atoms with E-state index in [0.717, 1.165) is 6.54 Å². The monoisotopic (exact) mass is 271 g/mol. The van der Waals surface area contributed by atoms with E-state index < -0.39 is 0 Å². The zero-order valence-electron chi connectivity index (χ0n) is 11.7. The minimum atomic E-state index is 0. The van der Waals surface area contributed by atoms with Crippen LogP contribution in [0.15, 0.2) is 24.3 Å². The highest BCUT2D eigenvalue weighted by Gasteiger charge is 1.99. The van der Waals surface area contributed by atoms with Crippen molar-refractivity contribution >= 4 is 11.6 Å². The van der Waals surface area contributed by atoms with Gasteiger partial charge in [-0.25, -0.2) is 0 Å². The third-order valence-corrected chi connectivity index (χ3v) is 2.83. The molecule has 1 aromatic carbocycles. The summed E-state index contributed by atoms with van der Waals surface area (Å²) in [5, 5.41) is 0. The van der Waals surface area contributed by atoms with Gasteiger partial charge in [-0.3, -0.25) is 0 Å². The van der Waals surface area contributed by atoms with Gasteiger partial charge in [0.2, 0.25) is 0 Å². The smallest absolute Gasteiger partial charge is 0.0474 e. The minimum Gasteiger partial charge on any atom is -0.302 e. The fraction of sp³-hybridized carbons (Fsp3) is 0.625. The number of nitrogens with zero attached hydrogens (tertiary/aromatic N) is 1. The Kier molecular flexibility index (Phi) is 14.2. The van der Waals surface area contributed by atoms with Crippen molar-refractivity contribution < 1.29 is 0 Å². The molecule has 0 saturated heterocycles. The zero-order valence-corrected chi connectivity index (χ0v) is 12.4. The van der Waals surface area contributed by atoms with Crippen LogP contribution in [0.2, 0.25) is 0 Å². The van der Waals surface area contributed by atoms with Gasteiger partial charge in [0.05, 0.1) is 0 Å². The Morgan fingerprint density at radius 3 is 2.00 bits per heavy atom. The second-order valence-corrected chi connectivity index (χ2v) is 4.31. The van der Waals surface area contributed by atoms with Crippen molar-refractivity contribution in [1.29, 1.82) is 0 Å². The lowest BCUT2D eigenvalue weighted by atomic mass is 10.1. The average Bonchev–Trinajstić information content (AvgIpc) is 2.39. The van der Waals surface area contributed by atoms with Crippen molar-refractivity contribution in [2.75, 3.05) is 13.6 Å². The van der Waals surface area contributed by atoms with Gasteiger partial charge in [-0.05, 0) is 31.1 Å². The van der Waals surface area contributed by atoms with E-state index in [4.69, 9.17) is 11.6 Å². The van der Waals surface area contributed by atoms with E-state index in [1.54, 1.807) is 0 Å². The number of hydrogen-bond donors (Lipinski definition) is 0. The van der Waals surface area contributed by atoms with E-state index >= 15 is 0 Å². The number of alkyl halides is 1. The van der Waals surface area contributed by atoms with Crippen LogP contribution in [0.25, 0.3) is 0 Å². The number of hydrogen-bond acceptors (Lipinski definition) is 1. The van der Waals surface area contributed by atoms with E-state index in [2.05, 4.69) is 43.1 Å². The van der Waals surface area contributed by atoms with Gasteiger partial charge in [-0.1, -0.05) is 58.9 Å². The topological polar surface area (TPSA) is 3.24 Å². The van der Waals surface area contributed by atoms with Crippen molar-refractivity contribution in [1.82, 2.24) is 4.90 Å². The molecule has 2 heteroatoms. The van der Waals surface area contributed by atoms with Crippen molar-refractivity contribution in [3.63, 3.8) is 0 Å². The highest BCUT2D eigenvalue weighted by Crippen LogP contribution is 2.09. The third kappa shape index (κ3) is 8.54. The Morgan fingerprint density at radius 1 is 1.06 bits per heavy atom. The highest BCUT2D eigenvalue weighted by atomic mass is 35.5. The first-order chi connectivity index (χ1) is 8.26. The first-order valence-electron chi connectivity index (χ1n) is 6.58. The molecule has 0 aliphatic heterocycles. The molecule has 0 aliphatic rings. The lowest BCUT2D eigenvalue weighted by molar-refractivity contribution is 0.321. The van der Waals surface area contributed by atoms with Crippen LogP contribution in [0.4, 0.5) is 0 Å². The van der Waals surface area contributed by atoms with Gasteiger partial charge < -0.3 is 4.90 Å². The SMILES string of the molecule is C.CC.CCCCN(C)Cc1ccc(CCl)cc1. The van der Waals surface area contributed by atoms with E-state index in [0.29, 0.717) is 5.88 Å². The van der Waals surface area contributed by atoms with Crippen molar-refractivity contribution in [2.45, 2.75) is 53.5 Å². The predicted octanol–water partition coefficient (Wildman–Crippen LogP) is 5.32. The van der Waals surface area contributed by atoms with E-state index in [9.17, 15) is 0 Å². The molecule has 0 radical (unpaired) electrons. The zero-order chi connectivity index (χ0) is 13.1. The van der Waals surface area contributed by atoms with Crippen molar-refractivity contribution in [2.24, 2.45) is 0 Å². The third-order valence-electron chi connectivity index (χ3n) is 2.52. The molecule has 1 rings (SSSR count). The largest absolute Gasteiger partial charge is 0.302 e. The maximum Gasteiger partial charge on any atom is 0.0474 e. The number of halogens is 1. The Labute approximate surface area is 119 Å². The van der Waals surface area contributed by atoms with Gasteiger partial charge >= 0.3 is 0 Å². The number of unbranched alkanes of at least 4 members (excludes halogenated alkanes) is 1. The summed E-state index contributed by atoms with van der Waals surface area (Å²) in [6.45, 7) is 8.43. The lowest BCUT2D eigenvalue weighted by Gasteiger charge is -2.16. The molecule has 0 fully saturated rings. The molecule has 0 N–H and O–H groups in total. The first kappa shape index (κ1) is 19.8. The molecule has 0 bridgehead atoms. The predicted molar refractivity (Wildman–Crippen MR) is 85.3 cm³/mol. The number of rotatable bonds is 6. The fourth-order valence-electron chi connectivity index (χ4n) is 1.55. The maximum atomic E-state index is 5.74. The minimum absolute atomic E-state index is 0. The van der Waals surface area contributed by atoms with Gasteiger partial charge in [0, 0.05) is 12.4 Å². The molecule has 0 spiro atoms. The molecule has 1 nitrogen and oxygen atoms in total. The summed E-state index contributed by atoms with van der Waals surface area (Å²) in [5.74, 6) is 0.603. The summed E-state index contributed by atoms with van der Waals surface area (Å²) in [7, 11) is 2.17. The normalized spacial score (nSPS) is 9.44. The van der Waals surface area contributed by atoms with Crippen LogP contribution in [-0.4, -0.2) is 18.5 Å². The molecular formula is C16H30ClN. The standard InChI is InChI=1S/C13H20ClN.C2H6.CH4/c1-3-4-9-15(2)11-13-7-5-12(10-14)6-8-13;1-2;/h5-8H,3-4,9-11H2,1-2H3;1-2H3;1H4. The lowest BCUT2D eigenvalue weighted by Crippen LogP contribution is -2.18. The van der Waals surface area contributed by atoms with Crippen molar-refractivity contribution in [3.8, 4) is 0 Å². The molecule has 0 aliphatic carbocycles. The molecule has 1 aromatic rings. The Morgan fingerprint density at radius 2 is 1.56 bits per heavy atom. The molecule has 106 valence electrons. The van der Waals surface area contributed by atoms with Crippen LogP contribution in [0, 0.1) is 0 Å². The molecule has 0 atom stereocenters. The summed E-state index contributed by atoms with van der Waals surface area (Å²) < 4.78 is 0. The van der Waals surface area contributed by atoms with Gasteiger partial charge in [-0.15, -0.1) is 11.6 Å². The van der Waals surface area contributed by atoms with E-state index in [1.165, 1.54) is 30.5 Å². The van der Waals surface area contributed by atoms with Gasteiger partial charge in [-0.2, -0.15) is 0 Å². The second kappa shape index (κ2) is 12.9. The Hall–Kier alpha value is -0.530. The summed E-state index contributed by atoms with van der Waals surface area (Å²) in [6.07, 6.45) is 2.53. The molecule has 0 amide bonds. The molecule has 0 saturated carbocycles. The molecular weight excluding hydrogens is 242 g/mol. The molecule has 0 aromatic heterocycles. The Balaban J connectivity index is 0. The van der Waals surface area contributed by atoms with Gasteiger partial charge in [0.25, 0.3) is 0 Å². The average molecular weight is 272 g/mol. The van der Waals surface area contributed by atoms with Crippen LogP contribution >= 0.6 is 11.6 Å². The van der Waals surface area contributed by atoms with E-state index in [1.807, 2.05) is 13.8 Å². The fourth-order valence-corrected chi connectivity index (χ4v) is 1.73. The summed E-state index contributed by atoms with van der Waals surface area (Å²) in [4.78, 5) is 2.36. The van der Waals surface area contributed by atoms with E-state index in [-0.39, 0.29) is 7.43 Å². The highest BCUT2D eigenvalue weighted by molar-refractivity contribution is 6.17. The summed E-state index contributed by atoms with van der Waals surface area (Å²) in [6, 6.07) is 8.55. The Bertz CT molecular complexity index is 269. The second-order valence-electron chi connectivity index (χ2n) is 4.04. The van der Waals surface area contributed by atoms with Crippen LogP contribution in [-0.2, 0) is 12.4 Å². The first-order valence-corrected chi connectivity index (χ1v) is 7.12. The van der Waals surface area contributed by atoms with Crippen LogP contribution in [0.3, 0.4) is 0 Å². The van der Waals surface area contributed by atoms with Crippen molar-refractivity contribution in [3.05, 3.63) is 35.4 Å². The molecule has 0 heterocycles. The molecule has 0 unspecified atom stereocenters. The van der Waals surface area contributed by atoms with Gasteiger partial charge in [0.1, 0.15) is 0 Å².